The molecule has 0 aromatic heterocycles. The Balaban J connectivity index is 2.48. The van der Waals surface area contributed by atoms with Crippen LogP contribution >= 0.6 is 11.8 Å². The first-order chi connectivity index (χ1) is 9.56. The zero-order valence-electron chi connectivity index (χ0n) is 12.2. The van der Waals surface area contributed by atoms with Crippen LogP contribution < -0.4 is 4.74 Å². The number of hydrogen-bond acceptors (Lipinski definition) is 3. The first-order valence-electron chi connectivity index (χ1n) is 6.39. The van der Waals surface area contributed by atoms with E-state index >= 15 is 0 Å². The number of aryl methyl sites for hydroxylation is 2. The predicted octanol–water partition coefficient (Wildman–Crippen LogP) is 5.00. The maximum atomic E-state index is 9.34. The maximum Gasteiger partial charge on any atom is 0.146 e. The minimum Gasteiger partial charge on any atom is -0.456 e. The Hall–Kier alpha value is -1.92. The van der Waals surface area contributed by atoms with Crippen molar-refractivity contribution in [2.45, 2.75) is 25.7 Å². The Labute approximate surface area is 124 Å². The Morgan fingerprint density at radius 3 is 2.50 bits per heavy atom. The molecule has 0 amide bonds. The van der Waals surface area contributed by atoms with Crippen molar-refractivity contribution in [3.05, 3.63) is 52.6 Å². The smallest absolute Gasteiger partial charge is 0.146 e. The third-order valence-corrected chi connectivity index (χ3v) is 4.08. The standard InChI is InChI=1S/C17H17NOS/c1-11-8-12(2)13(3)16(9-11)19-15-6-5-7-17(20-4)14(15)10-18/h5-9H,1-4H3. The first kappa shape index (κ1) is 14.5. The molecule has 2 aromatic carbocycles. The highest BCUT2D eigenvalue weighted by Crippen LogP contribution is 2.34. The highest BCUT2D eigenvalue weighted by atomic mass is 32.2. The van der Waals surface area contributed by atoms with Gasteiger partial charge in [0.1, 0.15) is 23.1 Å². The molecule has 0 saturated heterocycles. The number of ether oxygens (including phenoxy) is 1. The molecule has 0 N–H and O–H groups in total. The lowest BCUT2D eigenvalue weighted by molar-refractivity contribution is 0.475. The van der Waals surface area contributed by atoms with Gasteiger partial charge >= 0.3 is 0 Å². The Morgan fingerprint density at radius 1 is 1.10 bits per heavy atom. The van der Waals surface area contributed by atoms with Crippen LogP contribution in [0.25, 0.3) is 0 Å². The van der Waals surface area contributed by atoms with E-state index in [1.165, 1.54) is 5.56 Å². The molecule has 0 aliphatic rings. The van der Waals surface area contributed by atoms with Crippen molar-refractivity contribution in [2.75, 3.05) is 6.26 Å². The normalized spacial score (nSPS) is 10.2. The third-order valence-electron chi connectivity index (χ3n) is 3.30. The molecule has 0 aliphatic heterocycles. The summed E-state index contributed by atoms with van der Waals surface area (Å²) in [6, 6.07) is 12.1. The number of nitrogens with zero attached hydrogens (tertiary/aromatic N) is 1. The van der Waals surface area contributed by atoms with Crippen LogP contribution in [0.15, 0.2) is 35.2 Å². The second kappa shape index (κ2) is 6.02. The fourth-order valence-corrected chi connectivity index (χ4v) is 2.67. The zero-order valence-corrected chi connectivity index (χ0v) is 13.0. The van der Waals surface area contributed by atoms with Gasteiger partial charge in [-0.2, -0.15) is 5.26 Å². The summed E-state index contributed by atoms with van der Waals surface area (Å²) in [5.74, 6) is 1.43. The highest BCUT2D eigenvalue weighted by molar-refractivity contribution is 7.98. The summed E-state index contributed by atoms with van der Waals surface area (Å²) in [5.41, 5.74) is 4.05. The number of thioether (sulfide) groups is 1. The highest BCUT2D eigenvalue weighted by Gasteiger charge is 2.11. The Morgan fingerprint density at radius 2 is 1.85 bits per heavy atom. The Bertz CT molecular complexity index is 686. The largest absolute Gasteiger partial charge is 0.456 e. The first-order valence-corrected chi connectivity index (χ1v) is 7.62. The molecule has 0 bridgehead atoms. The van der Waals surface area contributed by atoms with Gasteiger partial charge in [-0.3, -0.25) is 0 Å². The van der Waals surface area contributed by atoms with Crippen molar-refractivity contribution in [2.24, 2.45) is 0 Å². The molecule has 0 fully saturated rings. The molecule has 0 radical (unpaired) electrons. The van der Waals surface area contributed by atoms with Gasteiger partial charge in [0.15, 0.2) is 0 Å². The molecular formula is C17H17NOS. The third kappa shape index (κ3) is 2.81. The fraction of sp³-hybridized carbons (Fsp3) is 0.235. The summed E-state index contributed by atoms with van der Waals surface area (Å²) in [7, 11) is 0. The second-order valence-corrected chi connectivity index (χ2v) is 5.60. The van der Waals surface area contributed by atoms with Crippen LogP contribution in [0.2, 0.25) is 0 Å². The van der Waals surface area contributed by atoms with E-state index in [2.05, 4.69) is 19.1 Å². The van der Waals surface area contributed by atoms with Crippen molar-refractivity contribution in [3.63, 3.8) is 0 Å². The van der Waals surface area contributed by atoms with E-state index in [0.717, 1.165) is 21.8 Å². The molecule has 0 aliphatic carbocycles. The molecule has 0 spiro atoms. The van der Waals surface area contributed by atoms with E-state index in [1.807, 2.05) is 44.4 Å². The average molecular weight is 283 g/mol. The average Bonchev–Trinajstić information content (AvgIpc) is 2.43. The lowest BCUT2D eigenvalue weighted by Crippen LogP contribution is -1.94. The van der Waals surface area contributed by atoms with Crippen molar-refractivity contribution in [1.82, 2.24) is 0 Å². The minimum absolute atomic E-state index is 0.596. The Kier molecular flexibility index (Phi) is 4.36. The molecule has 2 aromatic rings. The van der Waals surface area contributed by atoms with E-state index in [0.29, 0.717) is 11.3 Å². The molecule has 102 valence electrons. The topological polar surface area (TPSA) is 33.0 Å². The van der Waals surface area contributed by atoms with Crippen LogP contribution in [0.4, 0.5) is 0 Å². The minimum atomic E-state index is 0.596. The molecule has 0 saturated carbocycles. The summed E-state index contributed by atoms with van der Waals surface area (Å²) in [6.45, 7) is 6.15. The SMILES string of the molecule is CSc1cccc(Oc2cc(C)cc(C)c2C)c1C#N. The van der Waals surface area contributed by atoms with E-state index in [1.54, 1.807) is 11.8 Å². The lowest BCUT2D eigenvalue weighted by atomic mass is 10.1. The zero-order chi connectivity index (χ0) is 14.7. The van der Waals surface area contributed by atoms with Gasteiger partial charge in [-0.25, -0.2) is 0 Å². The summed E-state index contributed by atoms with van der Waals surface area (Å²) in [4.78, 5) is 0.937. The van der Waals surface area contributed by atoms with Crippen LogP contribution in [0.3, 0.4) is 0 Å². The van der Waals surface area contributed by atoms with Crippen LogP contribution in [0, 0.1) is 32.1 Å². The van der Waals surface area contributed by atoms with Crippen molar-refractivity contribution >= 4 is 11.8 Å². The van der Waals surface area contributed by atoms with Crippen LogP contribution in [0.1, 0.15) is 22.3 Å². The quantitative estimate of drug-likeness (QED) is 0.743. The monoisotopic (exact) mass is 283 g/mol. The number of rotatable bonds is 3. The van der Waals surface area contributed by atoms with Gasteiger partial charge in [0, 0.05) is 4.90 Å². The summed E-state index contributed by atoms with van der Waals surface area (Å²) < 4.78 is 6.00. The second-order valence-electron chi connectivity index (χ2n) is 4.75. The van der Waals surface area contributed by atoms with Crippen LogP contribution in [-0.4, -0.2) is 6.26 Å². The van der Waals surface area contributed by atoms with Crippen molar-refractivity contribution in [1.29, 1.82) is 5.26 Å². The van der Waals surface area contributed by atoms with Gasteiger partial charge in [0.25, 0.3) is 0 Å². The van der Waals surface area contributed by atoms with E-state index < -0.39 is 0 Å². The lowest BCUT2D eigenvalue weighted by Gasteiger charge is -2.14. The molecule has 3 heteroatoms. The van der Waals surface area contributed by atoms with Gasteiger partial charge in [-0.15, -0.1) is 11.8 Å². The molecule has 0 atom stereocenters. The molecule has 0 heterocycles. The van der Waals surface area contributed by atoms with Crippen LogP contribution in [0.5, 0.6) is 11.5 Å². The number of hydrogen-bond donors (Lipinski definition) is 0. The molecule has 20 heavy (non-hydrogen) atoms. The van der Waals surface area contributed by atoms with Gasteiger partial charge in [0.05, 0.1) is 0 Å². The van der Waals surface area contributed by atoms with E-state index in [-0.39, 0.29) is 0 Å². The van der Waals surface area contributed by atoms with E-state index in [4.69, 9.17) is 4.74 Å². The molecule has 2 nitrogen and oxygen atoms in total. The molecule has 2 rings (SSSR count). The van der Waals surface area contributed by atoms with Crippen LogP contribution in [-0.2, 0) is 0 Å². The predicted molar refractivity (Wildman–Crippen MR) is 83.7 cm³/mol. The summed E-state index contributed by atoms with van der Waals surface area (Å²) in [5, 5.41) is 9.34. The number of nitriles is 1. The van der Waals surface area contributed by atoms with Gasteiger partial charge in [-0.05, 0) is 61.9 Å². The molecule has 0 unspecified atom stereocenters. The summed E-state index contributed by atoms with van der Waals surface area (Å²) in [6.07, 6.45) is 1.96. The summed E-state index contributed by atoms with van der Waals surface area (Å²) >= 11 is 1.55. The molecular weight excluding hydrogens is 266 g/mol. The number of benzene rings is 2. The van der Waals surface area contributed by atoms with Gasteiger partial charge in [-0.1, -0.05) is 12.1 Å². The van der Waals surface area contributed by atoms with Gasteiger partial charge in [0.2, 0.25) is 0 Å². The van der Waals surface area contributed by atoms with Crippen molar-refractivity contribution in [3.8, 4) is 17.6 Å². The fourth-order valence-electron chi connectivity index (χ4n) is 2.10. The van der Waals surface area contributed by atoms with Gasteiger partial charge < -0.3 is 4.74 Å². The maximum absolute atomic E-state index is 9.34. The van der Waals surface area contributed by atoms with Crippen molar-refractivity contribution < 1.29 is 4.74 Å². The van der Waals surface area contributed by atoms with E-state index in [9.17, 15) is 5.26 Å².